The van der Waals surface area contributed by atoms with Gasteiger partial charge in [0.1, 0.15) is 22.0 Å². The van der Waals surface area contributed by atoms with Crippen molar-refractivity contribution in [1.82, 2.24) is 4.72 Å². The molecular formula is C20H21NO6S. The fourth-order valence-corrected chi connectivity index (χ4v) is 4.38. The van der Waals surface area contributed by atoms with E-state index >= 15 is 0 Å². The van der Waals surface area contributed by atoms with Crippen LogP contribution in [-0.2, 0) is 21.2 Å². The van der Waals surface area contributed by atoms with Crippen LogP contribution in [0.2, 0.25) is 0 Å². The molecular weight excluding hydrogens is 382 g/mol. The lowest BCUT2D eigenvalue weighted by Crippen LogP contribution is -2.34. The molecule has 0 unspecified atom stereocenters. The number of carbonyl (C=O) groups is 1. The Labute approximate surface area is 163 Å². The average molecular weight is 403 g/mol. The summed E-state index contributed by atoms with van der Waals surface area (Å²) >= 11 is 0. The standard InChI is InChI=1S/C20H21NO6S/c1-13(10-16-11-14-6-4-5-7-17(14)27-16)21-28(23,24)19-12-15(20(22)26-3)8-9-18(19)25-2/h4-9,11-13,21H,10H2,1-3H3/t13-/m0/s1. The quantitative estimate of drug-likeness (QED) is 0.609. The van der Waals surface area contributed by atoms with Crippen molar-refractivity contribution >= 4 is 27.0 Å². The maximum Gasteiger partial charge on any atom is 0.337 e. The number of hydrogen-bond donors (Lipinski definition) is 1. The van der Waals surface area contributed by atoms with Gasteiger partial charge in [0.2, 0.25) is 10.0 Å². The summed E-state index contributed by atoms with van der Waals surface area (Å²) in [7, 11) is -1.35. The molecule has 0 aliphatic rings. The zero-order valence-electron chi connectivity index (χ0n) is 15.8. The molecule has 3 rings (SSSR count). The van der Waals surface area contributed by atoms with E-state index < -0.39 is 22.0 Å². The van der Waals surface area contributed by atoms with Crippen LogP contribution in [0.3, 0.4) is 0 Å². The first kappa shape index (κ1) is 19.9. The lowest BCUT2D eigenvalue weighted by molar-refractivity contribution is 0.0600. The minimum atomic E-state index is -3.94. The molecule has 1 heterocycles. The first-order valence-corrected chi connectivity index (χ1v) is 10.1. The number of rotatable bonds is 7. The molecule has 0 amide bonds. The van der Waals surface area contributed by atoms with E-state index in [1.54, 1.807) is 6.92 Å². The Kier molecular flexibility index (Phi) is 5.71. The third-order valence-corrected chi connectivity index (χ3v) is 5.83. The predicted molar refractivity (Wildman–Crippen MR) is 104 cm³/mol. The Morgan fingerprint density at radius 1 is 1.14 bits per heavy atom. The molecule has 0 radical (unpaired) electrons. The van der Waals surface area contributed by atoms with Crippen molar-refractivity contribution in [2.24, 2.45) is 0 Å². The number of methoxy groups -OCH3 is 2. The number of para-hydroxylation sites is 1. The smallest absolute Gasteiger partial charge is 0.337 e. The summed E-state index contributed by atoms with van der Waals surface area (Å²) < 4.78 is 43.9. The fourth-order valence-electron chi connectivity index (χ4n) is 2.94. The molecule has 0 aliphatic heterocycles. The second kappa shape index (κ2) is 8.04. The first-order chi connectivity index (χ1) is 13.3. The summed E-state index contributed by atoms with van der Waals surface area (Å²) in [6, 6.07) is 13.1. The zero-order valence-corrected chi connectivity index (χ0v) is 16.6. The van der Waals surface area contributed by atoms with Crippen LogP contribution in [0.1, 0.15) is 23.0 Å². The van der Waals surface area contributed by atoms with Gasteiger partial charge in [0, 0.05) is 17.8 Å². The average Bonchev–Trinajstić information content (AvgIpc) is 3.08. The van der Waals surface area contributed by atoms with Gasteiger partial charge < -0.3 is 13.9 Å². The highest BCUT2D eigenvalue weighted by Gasteiger charge is 2.24. The number of benzene rings is 2. The van der Waals surface area contributed by atoms with Crippen molar-refractivity contribution in [3.63, 3.8) is 0 Å². The Morgan fingerprint density at radius 2 is 1.89 bits per heavy atom. The molecule has 0 saturated heterocycles. The van der Waals surface area contributed by atoms with Crippen molar-refractivity contribution in [2.75, 3.05) is 14.2 Å². The van der Waals surface area contributed by atoms with Crippen molar-refractivity contribution in [2.45, 2.75) is 24.3 Å². The fraction of sp³-hybridized carbons (Fsp3) is 0.250. The highest BCUT2D eigenvalue weighted by Crippen LogP contribution is 2.26. The molecule has 7 nitrogen and oxygen atoms in total. The van der Waals surface area contributed by atoms with Crippen molar-refractivity contribution in [1.29, 1.82) is 0 Å². The first-order valence-electron chi connectivity index (χ1n) is 8.60. The number of esters is 1. The molecule has 28 heavy (non-hydrogen) atoms. The van der Waals surface area contributed by atoms with Crippen LogP contribution >= 0.6 is 0 Å². The Balaban J connectivity index is 1.83. The van der Waals surface area contributed by atoms with Gasteiger partial charge in [-0.2, -0.15) is 0 Å². The lowest BCUT2D eigenvalue weighted by Gasteiger charge is -2.15. The van der Waals surface area contributed by atoms with Gasteiger partial charge in [-0.05, 0) is 37.3 Å². The Morgan fingerprint density at radius 3 is 2.57 bits per heavy atom. The van der Waals surface area contributed by atoms with E-state index in [-0.39, 0.29) is 16.2 Å². The van der Waals surface area contributed by atoms with E-state index in [2.05, 4.69) is 9.46 Å². The molecule has 0 fully saturated rings. The highest BCUT2D eigenvalue weighted by atomic mass is 32.2. The molecule has 1 aromatic heterocycles. The van der Waals surface area contributed by atoms with Gasteiger partial charge in [-0.25, -0.2) is 17.9 Å². The van der Waals surface area contributed by atoms with Crippen LogP contribution in [0.4, 0.5) is 0 Å². The lowest BCUT2D eigenvalue weighted by atomic mass is 10.2. The van der Waals surface area contributed by atoms with E-state index in [1.165, 1.54) is 32.4 Å². The molecule has 0 saturated carbocycles. The van der Waals surface area contributed by atoms with E-state index in [4.69, 9.17) is 9.15 Å². The third kappa shape index (κ3) is 4.18. The number of ether oxygens (including phenoxy) is 2. The number of furan rings is 1. The number of carbonyl (C=O) groups excluding carboxylic acids is 1. The Bertz CT molecular complexity index is 1070. The molecule has 2 aromatic carbocycles. The summed E-state index contributed by atoms with van der Waals surface area (Å²) in [5.74, 6) is 0.178. The van der Waals surface area contributed by atoms with Crippen LogP contribution in [0.15, 0.2) is 57.8 Å². The van der Waals surface area contributed by atoms with Crippen molar-refractivity contribution in [3.05, 3.63) is 59.9 Å². The molecule has 0 bridgehead atoms. The van der Waals surface area contributed by atoms with Crippen LogP contribution in [0.25, 0.3) is 11.0 Å². The van der Waals surface area contributed by atoms with Gasteiger partial charge in [0.15, 0.2) is 0 Å². The number of hydrogen-bond acceptors (Lipinski definition) is 6. The normalized spacial score (nSPS) is 12.7. The van der Waals surface area contributed by atoms with Gasteiger partial charge in [0.25, 0.3) is 0 Å². The highest BCUT2D eigenvalue weighted by molar-refractivity contribution is 7.89. The second-order valence-corrected chi connectivity index (χ2v) is 8.02. The SMILES string of the molecule is COC(=O)c1ccc(OC)c(S(=O)(=O)N[C@@H](C)Cc2cc3ccccc3o2)c1. The van der Waals surface area contributed by atoms with E-state index in [1.807, 2.05) is 30.3 Å². The summed E-state index contributed by atoms with van der Waals surface area (Å²) in [5, 5.41) is 0.958. The topological polar surface area (TPSA) is 94.8 Å². The molecule has 0 aliphatic carbocycles. The van der Waals surface area contributed by atoms with Gasteiger partial charge in [-0.3, -0.25) is 0 Å². The van der Waals surface area contributed by atoms with Gasteiger partial charge in [-0.1, -0.05) is 18.2 Å². The van der Waals surface area contributed by atoms with Crippen LogP contribution in [0.5, 0.6) is 5.75 Å². The van der Waals surface area contributed by atoms with Crippen molar-refractivity contribution < 1.29 is 27.1 Å². The largest absolute Gasteiger partial charge is 0.495 e. The number of nitrogens with one attached hydrogen (secondary N) is 1. The summed E-state index contributed by atoms with van der Waals surface area (Å²) in [4.78, 5) is 11.6. The monoisotopic (exact) mass is 403 g/mol. The van der Waals surface area contributed by atoms with E-state index in [0.717, 1.165) is 11.0 Å². The molecule has 1 N–H and O–H groups in total. The van der Waals surface area contributed by atoms with Crippen LogP contribution < -0.4 is 9.46 Å². The summed E-state index contributed by atoms with van der Waals surface area (Å²) in [6.45, 7) is 1.74. The second-order valence-electron chi connectivity index (χ2n) is 6.33. The van der Waals surface area contributed by atoms with Gasteiger partial charge in [0.05, 0.1) is 19.8 Å². The van der Waals surface area contributed by atoms with Gasteiger partial charge >= 0.3 is 5.97 Å². The maximum absolute atomic E-state index is 12.9. The van der Waals surface area contributed by atoms with E-state index in [9.17, 15) is 13.2 Å². The molecule has 0 spiro atoms. The number of fused-ring (bicyclic) bond motifs is 1. The van der Waals surface area contributed by atoms with Crippen LogP contribution in [0, 0.1) is 0 Å². The molecule has 148 valence electrons. The van der Waals surface area contributed by atoms with Crippen molar-refractivity contribution in [3.8, 4) is 5.75 Å². The third-order valence-electron chi connectivity index (χ3n) is 4.21. The van der Waals surface area contributed by atoms with Crippen LogP contribution in [-0.4, -0.2) is 34.6 Å². The maximum atomic E-state index is 12.9. The molecule has 1 atom stereocenters. The minimum absolute atomic E-state index is 0.119. The Hall–Kier alpha value is -2.84. The zero-order chi connectivity index (χ0) is 20.3. The summed E-state index contributed by atoms with van der Waals surface area (Å²) in [6.07, 6.45) is 0.368. The van der Waals surface area contributed by atoms with Gasteiger partial charge in [-0.15, -0.1) is 0 Å². The molecule has 8 heteroatoms. The summed E-state index contributed by atoms with van der Waals surface area (Å²) in [5.41, 5.74) is 0.869. The predicted octanol–water partition coefficient (Wildman–Crippen LogP) is 3.14. The molecule has 3 aromatic rings. The number of sulfonamides is 1. The minimum Gasteiger partial charge on any atom is -0.495 e. The van der Waals surface area contributed by atoms with E-state index in [0.29, 0.717) is 12.2 Å².